The SMILES string of the molecule is O=C(NCCSc1ccccc1)c1occc1CS(=O)(=O)c1ccccc1. The molecular formula is C20H19NO4S2. The van der Waals surface area contributed by atoms with Crippen molar-refractivity contribution in [2.45, 2.75) is 15.5 Å². The second-order valence-electron chi connectivity index (χ2n) is 5.76. The first-order valence-electron chi connectivity index (χ1n) is 8.36. The number of hydrogen-bond acceptors (Lipinski definition) is 5. The van der Waals surface area contributed by atoms with E-state index < -0.39 is 15.7 Å². The molecule has 2 aromatic carbocycles. The Kier molecular flexibility index (Phi) is 6.36. The van der Waals surface area contributed by atoms with E-state index in [1.165, 1.54) is 24.5 Å². The van der Waals surface area contributed by atoms with E-state index in [4.69, 9.17) is 4.42 Å². The summed E-state index contributed by atoms with van der Waals surface area (Å²) in [6.45, 7) is 0.448. The normalized spacial score (nSPS) is 11.3. The minimum Gasteiger partial charge on any atom is -0.459 e. The van der Waals surface area contributed by atoms with Gasteiger partial charge < -0.3 is 9.73 Å². The monoisotopic (exact) mass is 401 g/mol. The van der Waals surface area contributed by atoms with Crippen molar-refractivity contribution in [2.75, 3.05) is 12.3 Å². The highest BCUT2D eigenvalue weighted by Crippen LogP contribution is 2.20. The second kappa shape index (κ2) is 8.92. The van der Waals surface area contributed by atoms with Crippen LogP contribution in [0, 0.1) is 0 Å². The van der Waals surface area contributed by atoms with E-state index in [2.05, 4.69) is 5.32 Å². The van der Waals surface area contributed by atoms with Gasteiger partial charge >= 0.3 is 0 Å². The molecule has 3 aromatic rings. The van der Waals surface area contributed by atoms with Crippen LogP contribution in [0.5, 0.6) is 0 Å². The number of carbonyl (C=O) groups is 1. The van der Waals surface area contributed by atoms with Crippen LogP contribution < -0.4 is 5.32 Å². The molecule has 0 spiro atoms. The summed E-state index contributed by atoms with van der Waals surface area (Å²) in [5.74, 6) is 0.0505. The van der Waals surface area contributed by atoms with Crippen LogP contribution in [0.4, 0.5) is 0 Å². The van der Waals surface area contributed by atoms with Crippen molar-refractivity contribution < 1.29 is 17.6 Å². The number of hydrogen-bond donors (Lipinski definition) is 1. The molecule has 0 unspecified atom stereocenters. The predicted molar refractivity (Wildman–Crippen MR) is 106 cm³/mol. The summed E-state index contributed by atoms with van der Waals surface area (Å²) in [5, 5.41) is 2.77. The number of sulfone groups is 1. The third-order valence-electron chi connectivity index (χ3n) is 3.80. The highest BCUT2D eigenvalue weighted by molar-refractivity contribution is 7.99. The van der Waals surface area contributed by atoms with Gasteiger partial charge in [-0.25, -0.2) is 8.42 Å². The number of benzene rings is 2. The summed E-state index contributed by atoms with van der Waals surface area (Å²) < 4.78 is 30.3. The van der Waals surface area contributed by atoms with E-state index in [0.29, 0.717) is 17.9 Å². The molecule has 0 saturated heterocycles. The predicted octanol–water partition coefficient (Wildman–Crippen LogP) is 3.78. The van der Waals surface area contributed by atoms with Crippen LogP contribution in [0.1, 0.15) is 16.1 Å². The molecule has 140 valence electrons. The number of amides is 1. The zero-order chi connectivity index (χ0) is 19.1. The summed E-state index contributed by atoms with van der Waals surface area (Å²) in [6.07, 6.45) is 1.34. The zero-order valence-electron chi connectivity index (χ0n) is 14.5. The Morgan fingerprint density at radius 3 is 2.33 bits per heavy atom. The molecular weight excluding hydrogens is 382 g/mol. The van der Waals surface area contributed by atoms with Crippen LogP contribution in [0.3, 0.4) is 0 Å². The lowest BCUT2D eigenvalue weighted by Crippen LogP contribution is -2.26. The Labute approximate surface area is 162 Å². The molecule has 1 N–H and O–H groups in total. The molecule has 0 aliphatic carbocycles. The Hall–Kier alpha value is -2.51. The fourth-order valence-corrected chi connectivity index (χ4v) is 4.66. The van der Waals surface area contributed by atoms with Gasteiger partial charge in [-0.05, 0) is 30.3 Å². The minimum absolute atomic E-state index is 0.0409. The molecule has 1 amide bonds. The number of thioether (sulfide) groups is 1. The average Bonchev–Trinajstić information content (AvgIpc) is 3.14. The van der Waals surface area contributed by atoms with E-state index in [1.807, 2.05) is 30.3 Å². The summed E-state index contributed by atoms with van der Waals surface area (Å²) >= 11 is 1.63. The summed E-state index contributed by atoms with van der Waals surface area (Å²) in [7, 11) is -3.54. The van der Waals surface area contributed by atoms with Crippen LogP contribution in [0.2, 0.25) is 0 Å². The molecule has 27 heavy (non-hydrogen) atoms. The van der Waals surface area contributed by atoms with Crippen molar-refractivity contribution >= 4 is 27.5 Å². The highest BCUT2D eigenvalue weighted by Gasteiger charge is 2.22. The van der Waals surface area contributed by atoms with Crippen molar-refractivity contribution in [3.05, 3.63) is 84.3 Å². The van der Waals surface area contributed by atoms with Gasteiger partial charge in [0.25, 0.3) is 5.91 Å². The molecule has 0 aliphatic rings. The van der Waals surface area contributed by atoms with E-state index in [9.17, 15) is 13.2 Å². The fraction of sp³-hybridized carbons (Fsp3) is 0.150. The van der Waals surface area contributed by atoms with Gasteiger partial charge in [0.05, 0.1) is 16.9 Å². The van der Waals surface area contributed by atoms with Crippen molar-refractivity contribution in [2.24, 2.45) is 0 Å². The lowest BCUT2D eigenvalue weighted by Gasteiger charge is -2.07. The largest absolute Gasteiger partial charge is 0.459 e. The van der Waals surface area contributed by atoms with Crippen LogP contribution in [-0.2, 0) is 15.6 Å². The maximum absolute atomic E-state index is 12.5. The summed E-state index contributed by atoms with van der Waals surface area (Å²) in [6, 6.07) is 19.6. The Morgan fingerprint density at radius 1 is 0.963 bits per heavy atom. The van der Waals surface area contributed by atoms with Gasteiger partial charge in [0.2, 0.25) is 0 Å². The molecule has 0 atom stereocenters. The first kappa shape index (κ1) is 19.3. The van der Waals surface area contributed by atoms with E-state index >= 15 is 0 Å². The van der Waals surface area contributed by atoms with Gasteiger partial charge in [-0.3, -0.25) is 4.79 Å². The Bertz CT molecular complexity index is 983. The van der Waals surface area contributed by atoms with Crippen molar-refractivity contribution in [3.8, 4) is 0 Å². The molecule has 7 heteroatoms. The standard InChI is InChI=1S/C20H19NO4S2/c22-20(21-12-14-26-17-7-3-1-4-8-17)19-16(11-13-25-19)15-27(23,24)18-9-5-2-6-10-18/h1-11,13H,12,14-15H2,(H,21,22). The quantitative estimate of drug-likeness (QED) is 0.459. The first-order chi connectivity index (χ1) is 13.1. The van der Waals surface area contributed by atoms with Crippen LogP contribution in [0.25, 0.3) is 0 Å². The first-order valence-corrected chi connectivity index (χ1v) is 11.0. The second-order valence-corrected chi connectivity index (χ2v) is 8.92. The third kappa shape index (κ3) is 5.24. The van der Waals surface area contributed by atoms with E-state index in [-0.39, 0.29) is 16.4 Å². The molecule has 0 saturated carbocycles. The van der Waals surface area contributed by atoms with E-state index in [0.717, 1.165) is 4.90 Å². The van der Waals surface area contributed by atoms with Gasteiger partial charge in [0.1, 0.15) is 0 Å². The van der Waals surface area contributed by atoms with Crippen molar-refractivity contribution in [3.63, 3.8) is 0 Å². The molecule has 0 aliphatic heterocycles. The average molecular weight is 402 g/mol. The molecule has 1 heterocycles. The summed E-state index contributed by atoms with van der Waals surface area (Å²) in [4.78, 5) is 13.7. The molecule has 3 rings (SSSR count). The lowest BCUT2D eigenvalue weighted by molar-refractivity contribution is 0.0927. The van der Waals surface area contributed by atoms with Gasteiger partial charge in [-0.2, -0.15) is 0 Å². The maximum atomic E-state index is 12.5. The minimum atomic E-state index is -3.54. The van der Waals surface area contributed by atoms with Gasteiger partial charge in [0.15, 0.2) is 15.6 Å². The van der Waals surface area contributed by atoms with Crippen LogP contribution in [0.15, 0.2) is 87.2 Å². The summed E-state index contributed by atoms with van der Waals surface area (Å²) in [5.41, 5.74) is 0.354. The number of furan rings is 1. The van der Waals surface area contributed by atoms with Crippen LogP contribution in [-0.4, -0.2) is 26.6 Å². The fourth-order valence-electron chi connectivity index (χ4n) is 2.49. The molecule has 0 bridgehead atoms. The molecule has 0 radical (unpaired) electrons. The molecule has 5 nitrogen and oxygen atoms in total. The number of nitrogens with one attached hydrogen (secondary N) is 1. The maximum Gasteiger partial charge on any atom is 0.287 e. The Balaban J connectivity index is 1.58. The van der Waals surface area contributed by atoms with E-state index in [1.54, 1.807) is 30.0 Å². The topological polar surface area (TPSA) is 76.4 Å². The molecule has 1 aromatic heterocycles. The molecule has 0 fully saturated rings. The van der Waals surface area contributed by atoms with Gasteiger partial charge in [0, 0.05) is 22.8 Å². The van der Waals surface area contributed by atoms with Crippen molar-refractivity contribution in [1.82, 2.24) is 5.32 Å². The number of rotatable bonds is 8. The van der Waals surface area contributed by atoms with Gasteiger partial charge in [-0.15, -0.1) is 11.8 Å². The lowest BCUT2D eigenvalue weighted by atomic mass is 10.2. The van der Waals surface area contributed by atoms with Crippen molar-refractivity contribution in [1.29, 1.82) is 0 Å². The van der Waals surface area contributed by atoms with Gasteiger partial charge in [-0.1, -0.05) is 36.4 Å². The third-order valence-corrected chi connectivity index (χ3v) is 6.50. The smallest absolute Gasteiger partial charge is 0.287 e. The zero-order valence-corrected chi connectivity index (χ0v) is 16.1. The number of carbonyl (C=O) groups excluding carboxylic acids is 1. The Morgan fingerprint density at radius 2 is 1.63 bits per heavy atom. The highest BCUT2D eigenvalue weighted by atomic mass is 32.2. The van der Waals surface area contributed by atoms with Crippen LogP contribution >= 0.6 is 11.8 Å².